The first-order chi connectivity index (χ1) is 7.77. The first-order valence-electron chi connectivity index (χ1n) is 4.67. The highest BCUT2D eigenvalue weighted by Gasteiger charge is 2.14. The maximum atomic E-state index is 13.9. The molecule has 2 aromatic rings. The second kappa shape index (κ2) is 4.18. The molecule has 0 unspecified atom stereocenters. The minimum Gasteiger partial charge on any atom is -0.494 e. The molecule has 0 aliphatic carbocycles. The minimum atomic E-state index is -0.446. The van der Waals surface area contributed by atoms with Crippen LogP contribution in [0.3, 0.4) is 0 Å². The Bertz CT molecular complexity index is 484. The van der Waals surface area contributed by atoms with Gasteiger partial charge in [0, 0.05) is 7.05 Å². The fourth-order valence-electron chi connectivity index (χ4n) is 1.47. The predicted octanol–water partition coefficient (Wildman–Crippen LogP) is 1.46. The summed E-state index contributed by atoms with van der Waals surface area (Å²) in [6, 6.07) is 3.26. The lowest BCUT2D eigenvalue weighted by Crippen LogP contribution is -2.04. The van der Waals surface area contributed by atoms with Gasteiger partial charge in [-0.15, -0.1) is 0 Å². The Morgan fingerprint density at radius 1 is 1.44 bits per heavy atom. The van der Waals surface area contributed by atoms with E-state index in [2.05, 4.69) is 15.4 Å². The van der Waals surface area contributed by atoms with E-state index >= 15 is 0 Å². The third-order valence-corrected chi connectivity index (χ3v) is 2.22. The average molecular weight is 222 g/mol. The van der Waals surface area contributed by atoms with Crippen molar-refractivity contribution in [3.05, 3.63) is 30.6 Å². The average Bonchev–Trinajstić information content (AvgIpc) is 2.82. The standard InChI is InChI=1S/C10H11FN4O/c1-12-10-7(15-6-13-5-14-15)3-4-8(16-2)9(10)11/h3-6,12H,1-2H3. The number of halogens is 1. The maximum Gasteiger partial charge on any atom is 0.190 e. The third kappa shape index (κ3) is 1.58. The van der Waals surface area contributed by atoms with Crippen molar-refractivity contribution in [3.8, 4) is 11.4 Å². The Kier molecular flexibility index (Phi) is 2.72. The summed E-state index contributed by atoms with van der Waals surface area (Å²) in [7, 11) is 3.06. The van der Waals surface area contributed by atoms with Crippen LogP contribution in [0.1, 0.15) is 0 Å². The number of hydrogen-bond donors (Lipinski definition) is 1. The summed E-state index contributed by atoms with van der Waals surface area (Å²) in [5.74, 6) is -0.258. The Morgan fingerprint density at radius 3 is 2.81 bits per heavy atom. The van der Waals surface area contributed by atoms with Crippen LogP contribution in [0.5, 0.6) is 5.75 Å². The van der Waals surface area contributed by atoms with Crippen molar-refractivity contribution in [1.29, 1.82) is 0 Å². The van der Waals surface area contributed by atoms with Gasteiger partial charge in [0.15, 0.2) is 11.6 Å². The van der Waals surface area contributed by atoms with Crippen molar-refractivity contribution in [1.82, 2.24) is 14.8 Å². The van der Waals surface area contributed by atoms with Crippen molar-refractivity contribution in [2.75, 3.05) is 19.5 Å². The molecule has 1 N–H and O–H groups in total. The van der Waals surface area contributed by atoms with Crippen LogP contribution in [0.25, 0.3) is 5.69 Å². The second-order valence-electron chi connectivity index (χ2n) is 3.07. The van der Waals surface area contributed by atoms with Gasteiger partial charge < -0.3 is 10.1 Å². The largest absolute Gasteiger partial charge is 0.494 e. The molecular formula is C10H11FN4O. The first-order valence-corrected chi connectivity index (χ1v) is 4.67. The Balaban J connectivity index is 2.59. The fraction of sp³-hybridized carbons (Fsp3) is 0.200. The van der Waals surface area contributed by atoms with Crippen molar-refractivity contribution in [3.63, 3.8) is 0 Å². The predicted molar refractivity (Wildman–Crippen MR) is 57.4 cm³/mol. The Labute approximate surface area is 91.9 Å². The number of nitrogens with one attached hydrogen (secondary N) is 1. The van der Waals surface area contributed by atoms with E-state index in [0.717, 1.165) is 0 Å². The minimum absolute atomic E-state index is 0.188. The van der Waals surface area contributed by atoms with E-state index in [4.69, 9.17) is 4.74 Å². The highest BCUT2D eigenvalue weighted by atomic mass is 19.1. The number of hydrogen-bond acceptors (Lipinski definition) is 4. The van der Waals surface area contributed by atoms with Gasteiger partial charge in [-0.25, -0.2) is 14.1 Å². The first kappa shape index (κ1) is 10.4. The van der Waals surface area contributed by atoms with Crippen LogP contribution >= 0.6 is 0 Å². The van der Waals surface area contributed by atoms with E-state index in [9.17, 15) is 4.39 Å². The molecule has 0 radical (unpaired) electrons. The Morgan fingerprint density at radius 2 is 2.25 bits per heavy atom. The molecular weight excluding hydrogens is 211 g/mol. The third-order valence-electron chi connectivity index (χ3n) is 2.22. The zero-order valence-electron chi connectivity index (χ0n) is 8.94. The fourth-order valence-corrected chi connectivity index (χ4v) is 1.47. The zero-order valence-corrected chi connectivity index (χ0v) is 8.94. The van der Waals surface area contributed by atoms with Gasteiger partial charge in [0.2, 0.25) is 0 Å². The number of aromatic nitrogens is 3. The summed E-state index contributed by atoms with van der Waals surface area (Å²) < 4.78 is 20.3. The lowest BCUT2D eigenvalue weighted by molar-refractivity contribution is 0.387. The summed E-state index contributed by atoms with van der Waals surface area (Å²) in [6.07, 6.45) is 2.89. The van der Waals surface area contributed by atoms with Crippen LogP contribution in [0.15, 0.2) is 24.8 Å². The summed E-state index contributed by atoms with van der Waals surface area (Å²) in [5, 5.41) is 6.73. The van der Waals surface area contributed by atoms with Crippen LogP contribution in [0, 0.1) is 5.82 Å². The van der Waals surface area contributed by atoms with Crippen LogP contribution < -0.4 is 10.1 Å². The van der Waals surface area contributed by atoms with E-state index in [1.165, 1.54) is 24.4 Å². The highest BCUT2D eigenvalue weighted by molar-refractivity contribution is 5.64. The second-order valence-corrected chi connectivity index (χ2v) is 3.07. The van der Waals surface area contributed by atoms with Gasteiger partial charge in [0.05, 0.1) is 12.8 Å². The van der Waals surface area contributed by atoms with E-state index in [0.29, 0.717) is 11.4 Å². The molecule has 1 heterocycles. The zero-order chi connectivity index (χ0) is 11.5. The molecule has 2 rings (SSSR count). The van der Waals surface area contributed by atoms with Gasteiger partial charge in [-0.2, -0.15) is 5.10 Å². The van der Waals surface area contributed by atoms with E-state index in [1.54, 1.807) is 19.2 Å². The Hall–Kier alpha value is -2.11. The van der Waals surface area contributed by atoms with Crippen LogP contribution in [0.2, 0.25) is 0 Å². The van der Waals surface area contributed by atoms with Crippen LogP contribution in [-0.4, -0.2) is 28.9 Å². The van der Waals surface area contributed by atoms with E-state index in [-0.39, 0.29) is 5.75 Å². The molecule has 0 saturated heterocycles. The molecule has 0 atom stereocenters. The topological polar surface area (TPSA) is 52.0 Å². The van der Waals surface area contributed by atoms with Gasteiger partial charge >= 0.3 is 0 Å². The summed E-state index contributed by atoms with van der Waals surface area (Å²) in [6.45, 7) is 0. The van der Waals surface area contributed by atoms with Gasteiger partial charge in [-0.1, -0.05) is 0 Å². The number of methoxy groups -OCH3 is 1. The smallest absolute Gasteiger partial charge is 0.190 e. The van der Waals surface area contributed by atoms with Gasteiger partial charge in [-0.3, -0.25) is 0 Å². The number of nitrogens with zero attached hydrogens (tertiary/aromatic N) is 3. The molecule has 1 aromatic heterocycles. The molecule has 1 aromatic carbocycles. The number of ether oxygens (including phenoxy) is 1. The monoisotopic (exact) mass is 222 g/mol. The lowest BCUT2D eigenvalue weighted by Gasteiger charge is -2.12. The van der Waals surface area contributed by atoms with Crippen molar-refractivity contribution in [2.45, 2.75) is 0 Å². The summed E-state index contributed by atoms with van der Waals surface area (Å²) >= 11 is 0. The van der Waals surface area contributed by atoms with Crippen molar-refractivity contribution < 1.29 is 9.13 Å². The van der Waals surface area contributed by atoms with Crippen molar-refractivity contribution in [2.24, 2.45) is 0 Å². The number of anilines is 1. The molecule has 0 fully saturated rings. The van der Waals surface area contributed by atoms with Gasteiger partial charge in [0.1, 0.15) is 18.3 Å². The quantitative estimate of drug-likeness (QED) is 0.854. The molecule has 16 heavy (non-hydrogen) atoms. The molecule has 0 bridgehead atoms. The number of benzene rings is 1. The van der Waals surface area contributed by atoms with E-state index < -0.39 is 5.82 Å². The van der Waals surface area contributed by atoms with Crippen LogP contribution in [0.4, 0.5) is 10.1 Å². The number of rotatable bonds is 3. The molecule has 0 amide bonds. The lowest BCUT2D eigenvalue weighted by atomic mass is 10.2. The maximum absolute atomic E-state index is 13.9. The molecule has 0 spiro atoms. The molecule has 84 valence electrons. The molecule has 0 aliphatic heterocycles. The van der Waals surface area contributed by atoms with Gasteiger partial charge in [-0.05, 0) is 12.1 Å². The van der Waals surface area contributed by atoms with E-state index in [1.807, 2.05) is 0 Å². The molecule has 6 heteroatoms. The molecule has 0 aliphatic rings. The molecule has 5 nitrogen and oxygen atoms in total. The van der Waals surface area contributed by atoms with Crippen LogP contribution in [-0.2, 0) is 0 Å². The normalized spacial score (nSPS) is 10.2. The SMILES string of the molecule is CNc1c(-n2cncn2)ccc(OC)c1F. The molecule has 0 saturated carbocycles. The van der Waals surface area contributed by atoms with Crippen molar-refractivity contribution >= 4 is 5.69 Å². The highest BCUT2D eigenvalue weighted by Crippen LogP contribution is 2.29. The summed E-state index contributed by atoms with van der Waals surface area (Å²) in [5.41, 5.74) is 0.906. The van der Waals surface area contributed by atoms with Gasteiger partial charge in [0.25, 0.3) is 0 Å². The summed E-state index contributed by atoms with van der Waals surface area (Å²) in [4.78, 5) is 3.82.